The van der Waals surface area contributed by atoms with Crippen LogP contribution in [0, 0.1) is 0 Å². The van der Waals surface area contributed by atoms with Gasteiger partial charge in [-0.1, -0.05) is 0 Å². The summed E-state index contributed by atoms with van der Waals surface area (Å²) in [5.74, 6) is 0.577. The second kappa shape index (κ2) is 4.82. The first-order valence-electron chi connectivity index (χ1n) is 5.38. The third-order valence-corrected chi connectivity index (χ3v) is 2.58. The molecule has 1 aromatic rings. The largest absolute Gasteiger partial charge is 0.497 e. The fraction of sp³-hybridized carbons (Fsp3) is 0.231. The highest BCUT2D eigenvalue weighted by atomic mass is 16.5. The fourth-order valence-electron chi connectivity index (χ4n) is 1.64. The molecule has 1 aromatic carbocycles. The van der Waals surface area contributed by atoms with E-state index in [-0.39, 0.29) is 24.5 Å². The van der Waals surface area contributed by atoms with Crippen LogP contribution in [0.3, 0.4) is 0 Å². The summed E-state index contributed by atoms with van der Waals surface area (Å²) >= 11 is 0. The molecule has 0 fully saturated rings. The molecule has 1 aliphatic rings. The molecule has 1 aliphatic heterocycles. The van der Waals surface area contributed by atoms with Crippen molar-refractivity contribution in [1.29, 1.82) is 0 Å². The SMILES string of the molecule is COc1ccc(C2=CC(=O)CCC(=O)N2)cc1. The smallest absolute Gasteiger partial charge is 0.224 e. The second-order valence-corrected chi connectivity index (χ2v) is 3.80. The van der Waals surface area contributed by atoms with Gasteiger partial charge in [-0.05, 0) is 29.8 Å². The van der Waals surface area contributed by atoms with E-state index in [2.05, 4.69) is 5.32 Å². The molecule has 0 saturated carbocycles. The highest BCUT2D eigenvalue weighted by Gasteiger charge is 2.14. The third-order valence-electron chi connectivity index (χ3n) is 2.58. The molecule has 0 atom stereocenters. The second-order valence-electron chi connectivity index (χ2n) is 3.80. The zero-order valence-corrected chi connectivity index (χ0v) is 9.53. The number of ketones is 1. The number of amides is 1. The maximum atomic E-state index is 11.4. The van der Waals surface area contributed by atoms with E-state index in [0.717, 1.165) is 11.3 Å². The monoisotopic (exact) mass is 231 g/mol. The Morgan fingerprint density at radius 2 is 1.82 bits per heavy atom. The zero-order chi connectivity index (χ0) is 12.3. The normalized spacial score (nSPS) is 15.9. The lowest BCUT2D eigenvalue weighted by atomic mass is 10.1. The number of carbonyl (C=O) groups excluding carboxylic acids is 2. The van der Waals surface area contributed by atoms with Crippen LogP contribution < -0.4 is 10.1 Å². The highest BCUT2D eigenvalue weighted by Crippen LogP contribution is 2.18. The standard InChI is InChI=1S/C13H13NO3/c1-17-11-5-2-9(3-6-11)12-8-10(15)4-7-13(16)14-12/h2-3,5-6,8H,4,7H2,1H3,(H,14,16). The summed E-state index contributed by atoms with van der Waals surface area (Å²) in [7, 11) is 1.59. The van der Waals surface area contributed by atoms with Gasteiger partial charge in [-0.25, -0.2) is 0 Å². The Balaban J connectivity index is 2.30. The number of hydrogen-bond donors (Lipinski definition) is 1. The van der Waals surface area contributed by atoms with Gasteiger partial charge >= 0.3 is 0 Å². The van der Waals surface area contributed by atoms with E-state index in [1.165, 1.54) is 6.08 Å². The Morgan fingerprint density at radius 3 is 2.47 bits per heavy atom. The topological polar surface area (TPSA) is 55.4 Å². The Kier molecular flexibility index (Phi) is 3.23. The van der Waals surface area contributed by atoms with Gasteiger partial charge in [0.15, 0.2) is 5.78 Å². The molecule has 0 bridgehead atoms. The van der Waals surface area contributed by atoms with E-state index < -0.39 is 0 Å². The molecule has 1 N–H and O–H groups in total. The molecular weight excluding hydrogens is 218 g/mol. The molecule has 0 unspecified atom stereocenters. The molecule has 88 valence electrons. The van der Waals surface area contributed by atoms with Gasteiger partial charge in [-0.15, -0.1) is 0 Å². The number of allylic oxidation sites excluding steroid dienone is 1. The Morgan fingerprint density at radius 1 is 1.12 bits per heavy atom. The van der Waals surface area contributed by atoms with Crippen molar-refractivity contribution in [3.8, 4) is 5.75 Å². The van der Waals surface area contributed by atoms with Crippen molar-refractivity contribution in [2.45, 2.75) is 12.8 Å². The van der Waals surface area contributed by atoms with Crippen LogP contribution in [0.25, 0.3) is 5.70 Å². The number of hydrogen-bond acceptors (Lipinski definition) is 3. The summed E-state index contributed by atoms with van der Waals surface area (Å²) in [6, 6.07) is 7.20. The van der Waals surface area contributed by atoms with E-state index >= 15 is 0 Å². The quantitative estimate of drug-likeness (QED) is 0.839. The maximum Gasteiger partial charge on any atom is 0.224 e. The summed E-state index contributed by atoms with van der Waals surface area (Å²) in [5.41, 5.74) is 1.36. The van der Waals surface area contributed by atoms with Crippen molar-refractivity contribution < 1.29 is 14.3 Å². The van der Waals surface area contributed by atoms with E-state index in [1.807, 2.05) is 12.1 Å². The first-order valence-corrected chi connectivity index (χ1v) is 5.38. The molecule has 0 radical (unpaired) electrons. The van der Waals surface area contributed by atoms with Gasteiger partial charge in [0.1, 0.15) is 5.75 Å². The summed E-state index contributed by atoms with van der Waals surface area (Å²) in [5, 5.41) is 2.72. The average molecular weight is 231 g/mol. The van der Waals surface area contributed by atoms with Gasteiger partial charge < -0.3 is 10.1 Å². The minimum absolute atomic E-state index is 0.0332. The molecular formula is C13H13NO3. The van der Waals surface area contributed by atoms with Crippen molar-refractivity contribution in [2.24, 2.45) is 0 Å². The van der Waals surface area contributed by atoms with Crippen molar-refractivity contribution in [1.82, 2.24) is 5.32 Å². The van der Waals surface area contributed by atoms with Crippen LogP contribution in [0.1, 0.15) is 18.4 Å². The summed E-state index contributed by atoms with van der Waals surface area (Å²) < 4.78 is 5.05. The molecule has 1 amide bonds. The van der Waals surface area contributed by atoms with Gasteiger partial charge in [0, 0.05) is 18.9 Å². The average Bonchev–Trinajstić information content (AvgIpc) is 2.51. The molecule has 1 heterocycles. The Bertz CT molecular complexity index is 474. The minimum Gasteiger partial charge on any atom is -0.497 e. The number of ether oxygens (including phenoxy) is 1. The molecule has 2 rings (SSSR count). The van der Waals surface area contributed by atoms with Gasteiger partial charge in [0.2, 0.25) is 5.91 Å². The van der Waals surface area contributed by atoms with Crippen molar-refractivity contribution in [3.63, 3.8) is 0 Å². The van der Waals surface area contributed by atoms with Gasteiger partial charge in [-0.2, -0.15) is 0 Å². The molecule has 0 spiro atoms. The molecule has 0 aliphatic carbocycles. The number of methoxy groups -OCH3 is 1. The first kappa shape index (κ1) is 11.4. The Labute approximate surface area is 99.3 Å². The van der Waals surface area contributed by atoms with Crippen LogP contribution in [0.5, 0.6) is 5.75 Å². The van der Waals surface area contributed by atoms with Gasteiger partial charge in [-0.3, -0.25) is 9.59 Å². The van der Waals surface area contributed by atoms with E-state index in [0.29, 0.717) is 5.70 Å². The van der Waals surface area contributed by atoms with Crippen LogP contribution >= 0.6 is 0 Å². The molecule has 17 heavy (non-hydrogen) atoms. The van der Waals surface area contributed by atoms with Crippen molar-refractivity contribution in [3.05, 3.63) is 35.9 Å². The summed E-state index contributed by atoms with van der Waals surface area (Å²) in [4.78, 5) is 22.8. The third kappa shape index (κ3) is 2.72. The predicted molar refractivity (Wildman–Crippen MR) is 63.4 cm³/mol. The molecule has 0 saturated heterocycles. The lowest BCUT2D eigenvalue weighted by Gasteiger charge is -2.08. The van der Waals surface area contributed by atoms with Crippen LogP contribution in [0.15, 0.2) is 30.3 Å². The van der Waals surface area contributed by atoms with Gasteiger partial charge in [0.25, 0.3) is 0 Å². The van der Waals surface area contributed by atoms with Crippen LogP contribution in [-0.4, -0.2) is 18.8 Å². The summed E-state index contributed by atoms with van der Waals surface area (Å²) in [6.45, 7) is 0. The number of carbonyl (C=O) groups is 2. The Hall–Kier alpha value is -2.10. The molecule has 4 heteroatoms. The van der Waals surface area contributed by atoms with Crippen molar-refractivity contribution >= 4 is 17.4 Å². The lowest BCUT2D eigenvalue weighted by Crippen LogP contribution is -2.19. The highest BCUT2D eigenvalue weighted by molar-refractivity contribution is 6.03. The zero-order valence-electron chi connectivity index (χ0n) is 9.53. The number of rotatable bonds is 2. The minimum atomic E-state index is -0.127. The number of nitrogens with one attached hydrogen (secondary N) is 1. The number of benzene rings is 1. The van der Waals surface area contributed by atoms with E-state index in [4.69, 9.17) is 4.74 Å². The molecule has 4 nitrogen and oxygen atoms in total. The maximum absolute atomic E-state index is 11.4. The molecule has 0 aromatic heterocycles. The predicted octanol–water partition coefficient (Wildman–Crippen LogP) is 1.52. The van der Waals surface area contributed by atoms with Crippen LogP contribution in [0.2, 0.25) is 0 Å². The lowest BCUT2D eigenvalue weighted by molar-refractivity contribution is -0.122. The summed E-state index contributed by atoms with van der Waals surface area (Å²) in [6.07, 6.45) is 1.99. The fourth-order valence-corrected chi connectivity index (χ4v) is 1.64. The van der Waals surface area contributed by atoms with Crippen LogP contribution in [-0.2, 0) is 9.59 Å². The van der Waals surface area contributed by atoms with Crippen LogP contribution in [0.4, 0.5) is 0 Å². The van der Waals surface area contributed by atoms with E-state index in [1.54, 1.807) is 19.2 Å². The van der Waals surface area contributed by atoms with E-state index in [9.17, 15) is 9.59 Å². The first-order chi connectivity index (χ1) is 8.19. The van der Waals surface area contributed by atoms with Crippen molar-refractivity contribution in [2.75, 3.05) is 7.11 Å². The van der Waals surface area contributed by atoms with Gasteiger partial charge in [0.05, 0.1) is 12.8 Å².